The Morgan fingerprint density at radius 3 is 2.69 bits per heavy atom. The second-order valence-corrected chi connectivity index (χ2v) is 2.85. The molecule has 0 aliphatic rings. The van der Waals surface area contributed by atoms with Gasteiger partial charge in [0.1, 0.15) is 0 Å². The number of hydrogen-bond acceptors (Lipinski definition) is 2. The Bertz CT molecular complexity index is 287. The predicted octanol–water partition coefficient (Wildman–Crippen LogP) is 2.25. The second kappa shape index (κ2) is 4.07. The third-order valence-corrected chi connectivity index (χ3v) is 1.70. The summed E-state index contributed by atoms with van der Waals surface area (Å²) in [7, 11) is 0. The van der Waals surface area contributed by atoms with E-state index in [0.717, 1.165) is 5.56 Å². The Hall–Kier alpha value is -1.32. The summed E-state index contributed by atoms with van der Waals surface area (Å²) in [6.45, 7) is 1.49. The third-order valence-electron chi connectivity index (χ3n) is 1.70. The van der Waals surface area contributed by atoms with E-state index >= 15 is 0 Å². The standard InChI is InChI=1S/C9H12F2N2/c1-6-4-7(12)2-3-8(6)13-5-9(10)11/h2-4,9,13H,5,12H2,1H3. The maximum absolute atomic E-state index is 11.8. The van der Waals surface area contributed by atoms with Crippen LogP contribution in [0.2, 0.25) is 0 Å². The second-order valence-electron chi connectivity index (χ2n) is 2.85. The summed E-state index contributed by atoms with van der Waals surface area (Å²) in [6, 6.07) is 5.13. The predicted molar refractivity (Wildman–Crippen MR) is 50.1 cm³/mol. The average Bonchev–Trinajstić information content (AvgIpc) is 2.02. The van der Waals surface area contributed by atoms with Crippen LogP contribution in [0.25, 0.3) is 0 Å². The number of nitrogens with two attached hydrogens (primary N) is 1. The van der Waals surface area contributed by atoms with Gasteiger partial charge in [-0.3, -0.25) is 0 Å². The zero-order valence-electron chi connectivity index (χ0n) is 7.35. The number of hydrogen-bond donors (Lipinski definition) is 2. The molecule has 0 aromatic heterocycles. The molecule has 0 spiro atoms. The van der Waals surface area contributed by atoms with E-state index < -0.39 is 6.43 Å². The first-order valence-electron chi connectivity index (χ1n) is 3.97. The van der Waals surface area contributed by atoms with Crippen molar-refractivity contribution in [2.24, 2.45) is 0 Å². The van der Waals surface area contributed by atoms with Crippen LogP contribution >= 0.6 is 0 Å². The summed E-state index contributed by atoms with van der Waals surface area (Å²) in [5.41, 5.74) is 7.73. The molecule has 0 atom stereocenters. The van der Waals surface area contributed by atoms with Crippen molar-refractivity contribution >= 4 is 11.4 Å². The summed E-state index contributed by atoms with van der Waals surface area (Å²) < 4.78 is 23.7. The lowest BCUT2D eigenvalue weighted by atomic mass is 10.2. The minimum atomic E-state index is -2.34. The topological polar surface area (TPSA) is 38.0 Å². The van der Waals surface area contributed by atoms with Gasteiger partial charge in [0.15, 0.2) is 0 Å². The molecule has 1 aromatic rings. The molecule has 2 nitrogen and oxygen atoms in total. The summed E-state index contributed by atoms with van der Waals surface area (Å²) >= 11 is 0. The van der Waals surface area contributed by atoms with Crippen LogP contribution in [0.5, 0.6) is 0 Å². The lowest BCUT2D eigenvalue weighted by molar-refractivity contribution is 0.163. The molecule has 3 N–H and O–H groups in total. The number of benzene rings is 1. The minimum Gasteiger partial charge on any atom is -0.399 e. The molecule has 0 heterocycles. The maximum Gasteiger partial charge on any atom is 0.255 e. The third kappa shape index (κ3) is 2.89. The number of nitrogen functional groups attached to an aromatic ring is 1. The summed E-state index contributed by atoms with van der Waals surface area (Å²) in [6.07, 6.45) is -2.34. The van der Waals surface area contributed by atoms with E-state index in [4.69, 9.17) is 5.73 Å². The Labute approximate surface area is 75.7 Å². The maximum atomic E-state index is 11.8. The highest BCUT2D eigenvalue weighted by atomic mass is 19.3. The molecule has 0 aliphatic heterocycles. The molecule has 4 heteroatoms. The van der Waals surface area contributed by atoms with Crippen molar-refractivity contribution in [2.45, 2.75) is 13.3 Å². The number of alkyl halides is 2. The normalized spacial score (nSPS) is 10.5. The first-order chi connectivity index (χ1) is 6.09. The van der Waals surface area contributed by atoms with E-state index in [1.807, 2.05) is 6.92 Å². The Morgan fingerprint density at radius 1 is 1.46 bits per heavy atom. The molecule has 0 radical (unpaired) electrons. The first-order valence-corrected chi connectivity index (χ1v) is 3.97. The summed E-state index contributed by atoms with van der Waals surface area (Å²) in [4.78, 5) is 0. The molecule has 13 heavy (non-hydrogen) atoms. The molecule has 1 rings (SSSR count). The van der Waals surface area contributed by atoms with Crippen LogP contribution in [0.4, 0.5) is 20.2 Å². The van der Waals surface area contributed by atoms with E-state index in [2.05, 4.69) is 5.32 Å². The molecule has 1 aromatic carbocycles. The van der Waals surface area contributed by atoms with Crippen molar-refractivity contribution in [2.75, 3.05) is 17.6 Å². The monoisotopic (exact) mass is 186 g/mol. The van der Waals surface area contributed by atoms with Crippen LogP contribution in [0.1, 0.15) is 5.56 Å². The van der Waals surface area contributed by atoms with Crippen molar-refractivity contribution in [3.63, 3.8) is 0 Å². The van der Waals surface area contributed by atoms with E-state index in [9.17, 15) is 8.78 Å². The summed E-state index contributed by atoms with van der Waals surface area (Å²) in [5, 5.41) is 2.63. The van der Waals surface area contributed by atoms with Crippen LogP contribution in [0, 0.1) is 6.92 Å². The number of rotatable bonds is 3. The SMILES string of the molecule is Cc1cc(N)ccc1NCC(F)F. The van der Waals surface area contributed by atoms with Gasteiger partial charge in [-0.15, -0.1) is 0 Å². The molecular weight excluding hydrogens is 174 g/mol. The lowest BCUT2D eigenvalue weighted by Gasteiger charge is -2.09. The van der Waals surface area contributed by atoms with Crippen LogP contribution in [-0.2, 0) is 0 Å². The van der Waals surface area contributed by atoms with E-state index in [0.29, 0.717) is 11.4 Å². The Morgan fingerprint density at radius 2 is 2.15 bits per heavy atom. The first kappa shape index (κ1) is 9.77. The van der Waals surface area contributed by atoms with Gasteiger partial charge in [-0.05, 0) is 30.7 Å². The molecule has 0 saturated carbocycles. The largest absolute Gasteiger partial charge is 0.399 e. The fourth-order valence-electron chi connectivity index (χ4n) is 1.07. The average molecular weight is 186 g/mol. The van der Waals surface area contributed by atoms with Crippen LogP contribution < -0.4 is 11.1 Å². The van der Waals surface area contributed by atoms with Gasteiger partial charge in [-0.2, -0.15) is 0 Å². The minimum absolute atomic E-state index is 0.329. The summed E-state index contributed by atoms with van der Waals surface area (Å²) in [5.74, 6) is 0. The van der Waals surface area contributed by atoms with E-state index in [1.54, 1.807) is 18.2 Å². The molecule has 0 unspecified atom stereocenters. The van der Waals surface area contributed by atoms with Gasteiger partial charge in [0.2, 0.25) is 0 Å². The van der Waals surface area contributed by atoms with Gasteiger partial charge in [-0.25, -0.2) is 8.78 Å². The molecule has 72 valence electrons. The fraction of sp³-hybridized carbons (Fsp3) is 0.333. The van der Waals surface area contributed by atoms with Crippen molar-refractivity contribution < 1.29 is 8.78 Å². The highest BCUT2D eigenvalue weighted by Gasteiger charge is 2.03. The lowest BCUT2D eigenvalue weighted by Crippen LogP contribution is -2.11. The Kier molecular flexibility index (Phi) is 3.06. The van der Waals surface area contributed by atoms with Crippen LogP contribution in [0.3, 0.4) is 0 Å². The fourth-order valence-corrected chi connectivity index (χ4v) is 1.07. The van der Waals surface area contributed by atoms with Crippen molar-refractivity contribution in [3.8, 4) is 0 Å². The highest BCUT2D eigenvalue weighted by molar-refractivity contribution is 5.57. The van der Waals surface area contributed by atoms with Gasteiger partial charge in [0.25, 0.3) is 6.43 Å². The van der Waals surface area contributed by atoms with Gasteiger partial charge < -0.3 is 11.1 Å². The quantitative estimate of drug-likeness (QED) is 0.710. The molecule has 0 fully saturated rings. The zero-order valence-corrected chi connectivity index (χ0v) is 7.35. The van der Waals surface area contributed by atoms with Gasteiger partial charge in [-0.1, -0.05) is 0 Å². The number of halogens is 2. The zero-order chi connectivity index (χ0) is 9.84. The molecule has 0 aliphatic carbocycles. The number of aryl methyl sites for hydroxylation is 1. The van der Waals surface area contributed by atoms with Crippen LogP contribution in [-0.4, -0.2) is 13.0 Å². The van der Waals surface area contributed by atoms with Gasteiger partial charge >= 0.3 is 0 Å². The molecule has 0 amide bonds. The Balaban J connectivity index is 2.67. The molecule has 0 bridgehead atoms. The molecular formula is C9H12F2N2. The van der Waals surface area contributed by atoms with Gasteiger partial charge in [0.05, 0.1) is 6.54 Å². The van der Waals surface area contributed by atoms with E-state index in [-0.39, 0.29) is 6.54 Å². The number of nitrogens with one attached hydrogen (secondary N) is 1. The van der Waals surface area contributed by atoms with Crippen molar-refractivity contribution in [3.05, 3.63) is 23.8 Å². The smallest absolute Gasteiger partial charge is 0.255 e. The van der Waals surface area contributed by atoms with Crippen molar-refractivity contribution in [1.82, 2.24) is 0 Å². The van der Waals surface area contributed by atoms with Crippen molar-refractivity contribution in [1.29, 1.82) is 0 Å². The highest BCUT2D eigenvalue weighted by Crippen LogP contribution is 2.17. The number of anilines is 2. The van der Waals surface area contributed by atoms with Crippen LogP contribution in [0.15, 0.2) is 18.2 Å². The van der Waals surface area contributed by atoms with E-state index in [1.165, 1.54) is 0 Å². The molecule has 0 saturated heterocycles. The van der Waals surface area contributed by atoms with Gasteiger partial charge in [0, 0.05) is 11.4 Å².